The Morgan fingerprint density at radius 1 is 1.28 bits per heavy atom. The fourth-order valence-electron chi connectivity index (χ4n) is 3.57. The van der Waals surface area contributed by atoms with Gasteiger partial charge in [-0.3, -0.25) is 14.5 Å². The van der Waals surface area contributed by atoms with Crippen LogP contribution in [0, 0.1) is 12.8 Å². The summed E-state index contributed by atoms with van der Waals surface area (Å²) in [4.78, 5) is 40.6. The van der Waals surface area contributed by atoms with Gasteiger partial charge in [0.05, 0.1) is 0 Å². The molecule has 2 aliphatic heterocycles. The van der Waals surface area contributed by atoms with Gasteiger partial charge in [-0.1, -0.05) is 36.8 Å². The van der Waals surface area contributed by atoms with Crippen LogP contribution in [0.4, 0.5) is 4.79 Å². The van der Waals surface area contributed by atoms with Gasteiger partial charge in [-0.05, 0) is 38.2 Å². The van der Waals surface area contributed by atoms with Crippen LogP contribution < -0.4 is 5.32 Å². The SMILES string of the molecule is Cc1ccc([C@@]2(C)NC(=O)N(CC(=O)N3CCC[C@H](C)C3)C2=O)cc1. The number of urea groups is 1. The van der Waals surface area contributed by atoms with E-state index in [0.717, 1.165) is 28.9 Å². The number of carbonyl (C=O) groups is 3. The lowest BCUT2D eigenvalue weighted by Crippen LogP contribution is -2.47. The van der Waals surface area contributed by atoms with Gasteiger partial charge in [-0.25, -0.2) is 4.79 Å². The molecule has 1 aromatic carbocycles. The van der Waals surface area contributed by atoms with Crippen molar-refractivity contribution in [3.8, 4) is 0 Å². The standard InChI is InChI=1S/C19H25N3O3/c1-13-6-8-15(9-7-13)19(3)17(24)22(18(25)20-19)12-16(23)21-10-4-5-14(2)11-21/h6-9,14H,4-5,10-12H2,1-3H3,(H,20,25)/t14-,19+/m0/s1. The Morgan fingerprint density at radius 2 is 1.96 bits per heavy atom. The van der Waals surface area contributed by atoms with E-state index in [9.17, 15) is 14.4 Å². The summed E-state index contributed by atoms with van der Waals surface area (Å²) in [7, 11) is 0. The molecule has 6 heteroatoms. The molecule has 0 saturated carbocycles. The van der Waals surface area contributed by atoms with Crippen LogP contribution >= 0.6 is 0 Å². The minimum absolute atomic E-state index is 0.164. The molecule has 4 amide bonds. The van der Waals surface area contributed by atoms with Crippen molar-refractivity contribution in [1.29, 1.82) is 0 Å². The number of aryl methyl sites for hydroxylation is 1. The van der Waals surface area contributed by atoms with Gasteiger partial charge < -0.3 is 10.2 Å². The molecule has 6 nitrogen and oxygen atoms in total. The van der Waals surface area contributed by atoms with E-state index in [1.165, 1.54) is 0 Å². The summed E-state index contributed by atoms with van der Waals surface area (Å²) in [5, 5.41) is 2.75. The molecule has 0 radical (unpaired) electrons. The Bertz CT molecular complexity index is 700. The number of nitrogens with one attached hydrogen (secondary N) is 1. The summed E-state index contributed by atoms with van der Waals surface area (Å²) in [6.45, 7) is 6.96. The first-order valence-electron chi connectivity index (χ1n) is 8.80. The molecule has 2 heterocycles. The van der Waals surface area contributed by atoms with E-state index in [4.69, 9.17) is 0 Å². The quantitative estimate of drug-likeness (QED) is 0.854. The highest BCUT2D eigenvalue weighted by atomic mass is 16.2. The molecule has 3 rings (SSSR count). The lowest BCUT2D eigenvalue weighted by molar-refractivity contribution is -0.139. The Labute approximate surface area is 148 Å². The number of rotatable bonds is 3. The zero-order chi connectivity index (χ0) is 18.2. The van der Waals surface area contributed by atoms with Crippen LogP contribution in [0.15, 0.2) is 24.3 Å². The summed E-state index contributed by atoms with van der Waals surface area (Å²) >= 11 is 0. The Kier molecular flexibility index (Phi) is 4.54. The summed E-state index contributed by atoms with van der Waals surface area (Å²) in [5.41, 5.74) is 0.675. The third kappa shape index (κ3) is 3.25. The van der Waals surface area contributed by atoms with E-state index < -0.39 is 11.6 Å². The molecule has 0 unspecified atom stereocenters. The molecule has 0 bridgehead atoms. The maximum atomic E-state index is 12.9. The summed E-state index contributed by atoms with van der Waals surface area (Å²) < 4.78 is 0. The maximum absolute atomic E-state index is 12.9. The van der Waals surface area contributed by atoms with Gasteiger partial charge in [-0.15, -0.1) is 0 Å². The minimum Gasteiger partial charge on any atom is -0.341 e. The lowest BCUT2D eigenvalue weighted by Gasteiger charge is -2.31. The van der Waals surface area contributed by atoms with E-state index in [0.29, 0.717) is 19.0 Å². The Morgan fingerprint density at radius 3 is 2.60 bits per heavy atom. The van der Waals surface area contributed by atoms with Crippen molar-refractivity contribution in [2.45, 2.75) is 39.2 Å². The van der Waals surface area contributed by atoms with Crippen LogP contribution in [0.5, 0.6) is 0 Å². The van der Waals surface area contributed by atoms with E-state index in [-0.39, 0.29) is 18.4 Å². The van der Waals surface area contributed by atoms with Gasteiger partial charge >= 0.3 is 6.03 Å². The average Bonchev–Trinajstić information content (AvgIpc) is 2.79. The van der Waals surface area contributed by atoms with Gasteiger partial charge in [0, 0.05) is 13.1 Å². The monoisotopic (exact) mass is 343 g/mol. The molecular formula is C19H25N3O3. The van der Waals surface area contributed by atoms with Crippen molar-refractivity contribution >= 4 is 17.8 Å². The second kappa shape index (κ2) is 6.50. The zero-order valence-electron chi connectivity index (χ0n) is 15.0. The number of imide groups is 1. The first-order valence-corrected chi connectivity index (χ1v) is 8.80. The number of likely N-dealkylation sites (tertiary alicyclic amines) is 1. The second-order valence-electron chi connectivity index (χ2n) is 7.40. The average molecular weight is 343 g/mol. The maximum Gasteiger partial charge on any atom is 0.325 e. The number of hydrogen-bond acceptors (Lipinski definition) is 3. The van der Waals surface area contributed by atoms with E-state index in [2.05, 4.69) is 12.2 Å². The minimum atomic E-state index is -1.12. The highest BCUT2D eigenvalue weighted by Gasteiger charge is 2.49. The molecule has 2 aliphatic rings. The molecule has 0 spiro atoms. The van der Waals surface area contributed by atoms with Crippen LogP contribution in [0.3, 0.4) is 0 Å². The number of piperidine rings is 1. The van der Waals surface area contributed by atoms with Crippen molar-refractivity contribution in [1.82, 2.24) is 15.1 Å². The number of benzene rings is 1. The Balaban J connectivity index is 1.75. The van der Waals surface area contributed by atoms with Crippen LogP contribution in [0.1, 0.15) is 37.8 Å². The van der Waals surface area contributed by atoms with Crippen molar-refractivity contribution < 1.29 is 14.4 Å². The highest BCUT2D eigenvalue weighted by Crippen LogP contribution is 2.29. The van der Waals surface area contributed by atoms with Gasteiger partial charge in [0.25, 0.3) is 5.91 Å². The number of nitrogens with zero attached hydrogens (tertiary/aromatic N) is 2. The third-order valence-electron chi connectivity index (χ3n) is 5.21. The second-order valence-corrected chi connectivity index (χ2v) is 7.40. The molecule has 1 aromatic rings. The van der Waals surface area contributed by atoms with Crippen molar-refractivity contribution in [3.63, 3.8) is 0 Å². The molecule has 1 N–H and O–H groups in total. The Hall–Kier alpha value is -2.37. The predicted octanol–water partition coefficient (Wildman–Crippen LogP) is 2.02. The van der Waals surface area contributed by atoms with E-state index >= 15 is 0 Å². The summed E-state index contributed by atoms with van der Waals surface area (Å²) in [6.07, 6.45) is 2.08. The number of hydrogen-bond donors (Lipinski definition) is 1. The normalized spacial score (nSPS) is 26.8. The topological polar surface area (TPSA) is 69.7 Å². The van der Waals surface area contributed by atoms with Crippen molar-refractivity contribution in [2.24, 2.45) is 5.92 Å². The number of carbonyl (C=O) groups excluding carboxylic acids is 3. The third-order valence-corrected chi connectivity index (χ3v) is 5.21. The first-order chi connectivity index (χ1) is 11.8. The van der Waals surface area contributed by atoms with Gasteiger partial charge in [0.15, 0.2) is 0 Å². The molecule has 2 fully saturated rings. The largest absolute Gasteiger partial charge is 0.341 e. The molecular weight excluding hydrogens is 318 g/mol. The molecule has 0 aromatic heterocycles. The highest BCUT2D eigenvalue weighted by molar-refractivity contribution is 6.09. The van der Waals surface area contributed by atoms with Gasteiger partial charge in [0.1, 0.15) is 12.1 Å². The van der Waals surface area contributed by atoms with E-state index in [1.54, 1.807) is 11.8 Å². The van der Waals surface area contributed by atoms with Crippen LogP contribution in [0.2, 0.25) is 0 Å². The smallest absolute Gasteiger partial charge is 0.325 e. The summed E-state index contributed by atoms with van der Waals surface area (Å²) in [6, 6.07) is 6.98. The van der Waals surface area contributed by atoms with Crippen molar-refractivity contribution in [3.05, 3.63) is 35.4 Å². The predicted molar refractivity (Wildman–Crippen MR) is 93.8 cm³/mol. The molecule has 2 atom stereocenters. The fourth-order valence-corrected chi connectivity index (χ4v) is 3.57. The van der Waals surface area contributed by atoms with E-state index in [1.807, 2.05) is 31.2 Å². The first kappa shape index (κ1) is 17.5. The zero-order valence-corrected chi connectivity index (χ0v) is 15.0. The van der Waals surface area contributed by atoms with Gasteiger partial charge in [0.2, 0.25) is 5.91 Å². The van der Waals surface area contributed by atoms with Crippen LogP contribution in [0.25, 0.3) is 0 Å². The summed E-state index contributed by atoms with van der Waals surface area (Å²) in [5.74, 6) is -0.0819. The molecule has 25 heavy (non-hydrogen) atoms. The lowest BCUT2D eigenvalue weighted by atomic mass is 9.91. The fraction of sp³-hybridized carbons (Fsp3) is 0.526. The van der Waals surface area contributed by atoms with Gasteiger partial charge in [-0.2, -0.15) is 0 Å². The molecule has 134 valence electrons. The molecule has 0 aliphatic carbocycles. The van der Waals surface area contributed by atoms with Crippen LogP contribution in [-0.2, 0) is 15.1 Å². The van der Waals surface area contributed by atoms with Crippen molar-refractivity contribution in [2.75, 3.05) is 19.6 Å². The number of amides is 4. The van der Waals surface area contributed by atoms with Crippen LogP contribution in [-0.4, -0.2) is 47.3 Å². The molecule has 2 saturated heterocycles.